The molecule has 0 bridgehead atoms. The van der Waals surface area contributed by atoms with Gasteiger partial charge in [-0.1, -0.05) is 0 Å². The van der Waals surface area contributed by atoms with Gasteiger partial charge >= 0.3 is 0 Å². The second-order valence-corrected chi connectivity index (χ2v) is 4.19. The molecule has 14 heavy (non-hydrogen) atoms. The highest BCUT2D eigenvalue weighted by atomic mass is 32.1. The fourth-order valence-electron chi connectivity index (χ4n) is 1.39. The van der Waals surface area contributed by atoms with Crippen LogP contribution in [0.1, 0.15) is 9.67 Å². The third kappa shape index (κ3) is 1.49. The summed E-state index contributed by atoms with van der Waals surface area (Å²) in [5, 5.41) is 1.83. The van der Waals surface area contributed by atoms with Gasteiger partial charge in [0.1, 0.15) is 4.88 Å². The topological polar surface area (TPSA) is 55.6 Å². The number of carbonyl (C=O) groups excluding carboxylic acids is 1. The largest absolute Gasteiger partial charge is 0.397 e. The van der Waals surface area contributed by atoms with Crippen LogP contribution in [0.2, 0.25) is 0 Å². The molecular weight excluding hydrogens is 200 g/mol. The first kappa shape index (κ1) is 9.48. The summed E-state index contributed by atoms with van der Waals surface area (Å²) >= 11 is 1.39. The number of methoxy groups -OCH3 is 1. The molecule has 5 heteroatoms. The number of carbonyl (C=O) groups is 1. The van der Waals surface area contributed by atoms with E-state index in [0.29, 0.717) is 23.7 Å². The Balaban J connectivity index is 2.01. The van der Waals surface area contributed by atoms with E-state index in [-0.39, 0.29) is 12.0 Å². The molecule has 1 saturated heterocycles. The number of amides is 1. The molecule has 0 spiro atoms. The molecule has 0 radical (unpaired) electrons. The maximum Gasteiger partial charge on any atom is 0.266 e. The third-order valence-electron chi connectivity index (χ3n) is 2.36. The lowest BCUT2D eigenvalue weighted by Crippen LogP contribution is -2.54. The molecule has 1 aliphatic rings. The zero-order valence-corrected chi connectivity index (χ0v) is 8.71. The molecule has 0 aromatic carbocycles. The molecule has 76 valence electrons. The standard InChI is InChI=1S/C9H12N2O2S/c1-13-6-4-11(5-6)9(12)8-7(10)2-3-14-8/h2-3,6H,4-5,10H2,1H3. The van der Waals surface area contributed by atoms with Gasteiger partial charge in [0.15, 0.2) is 0 Å². The number of likely N-dealkylation sites (tertiary alicyclic amines) is 1. The van der Waals surface area contributed by atoms with Crippen molar-refractivity contribution in [2.45, 2.75) is 6.10 Å². The van der Waals surface area contributed by atoms with Crippen molar-refractivity contribution in [3.05, 3.63) is 16.3 Å². The van der Waals surface area contributed by atoms with E-state index in [1.54, 1.807) is 18.1 Å². The molecule has 1 aliphatic heterocycles. The first-order valence-electron chi connectivity index (χ1n) is 4.37. The minimum absolute atomic E-state index is 0.0193. The van der Waals surface area contributed by atoms with Crippen LogP contribution in [0.15, 0.2) is 11.4 Å². The fraction of sp³-hybridized carbons (Fsp3) is 0.444. The molecule has 0 saturated carbocycles. The average Bonchev–Trinajstić information content (AvgIpc) is 2.49. The normalized spacial score (nSPS) is 16.8. The number of thiophene rings is 1. The number of nitrogens with zero attached hydrogens (tertiary/aromatic N) is 1. The molecule has 2 rings (SSSR count). The van der Waals surface area contributed by atoms with Crippen molar-refractivity contribution in [2.75, 3.05) is 25.9 Å². The van der Waals surface area contributed by atoms with E-state index in [1.807, 2.05) is 5.38 Å². The lowest BCUT2D eigenvalue weighted by molar-refractivity contribution is -0.0189. The van der Waals surface area contributed by atoms with Gasteiger partial charge in [0.05, 0.1) is 11.8 Å². The van der Waals surface area contributed by atoms with Crippen molar-refractivity contribution < 1.29 is 9.53 Å². The van der Waals surface area contributed by atoms with Crippen molar-refractivity contribution in [3.63, 3.8) is 0 Å². The monoisotopic (exact) mass is 212 g/mol. The van der Waals surface area contributed by atoms with Gasteiger partial charge in [-0.05, 0) is 11.4 Å². The number of anilines is 1. The number of rotatable bonds is 2. The van der Waals surface area contributed by atoms with Gasteiger partial charge in [-0.25, -0.2) is 0 Å². The van der Waals surface area contributed by atoms with Crippen molar-refractivity contribution >= 4 is 22.9 Å². The number of hydrogen-bond acceptors (Lipinski definition) is 4. The van der Waals surface area contributed by atoms with Crippen molar-refractivity contribution in [2.24, 2.45) is 0 Å². The van der Waals surface area contributed by atoms with Gasteiger partial charge < -0.3 is 15.4 Å². The summed E-state index contributed by atoms with van der Waals surface area (Å²) in [4.78, 5) is 14.2. The number of ether oxygens (including phenoxy) is 1. The molecule has 1 aromatic rings. The Kier molecular flexibility index (Phi) is 2.43. The Morgan fingerprint density at radius 2 is 2.43 bits per heavy atom. The quantitative estimate of drug-likeness (QED) is 0.789. The summed E-state index contributed by atoms with van der Waals surface area (Å²) in [6.07, 6.45) is 0.195. The van der Waals surface area contributed by atoms with Gasteiger partial charge in [0, 0.05) is 20.2 Å². The lowest BCUT2D eigenvalue weighted by Gasteiger charge is -2.37. The van der Waals surface area contributed by atoms with Crippen molar-refractivity contribution in [1.82, 2.24) is 4.90 Å². The highest BCUT2D eigenvalue weighted by Gasteiger charge is 2.32. The summed E-state index contributed by atoms with van der Waals surface area (Å²) in [5.74, 6) is 0.0193. The van der Waals surface area contributed by atoms with E-state index in [1.165, 1.54) is 11.3 Å². The molecular formula is C9H12N2O2S. The second kappa shape index (κ2) is 3.59. The average molecular weight is 212 g/mol. The van der Waals surface area contributed by atoms with E-state index in [9.17, 15) is 4.79 Å². The Hall–Kier alpha value is -1.07. The molecule has 0 unspecified atom stereocenters. The maximum absolute atomic E-state index is 11.8. The number of nitrogens with two attached hydrogens (primary N) is 1. The molecule has 2 heterocycles. The second-order valence-electron chi connectivity index (χ2n) is 3.27. The highest BCUT2D eigenvalue weighted by Crippen LogP contribution is 2.23. The molecule has 0 aliphatic carbocycles. The Morgan fingerprint density at radius 1 is 1.71 bits per heavy atom. The Labute approximate surface area is 86.3 Å². The van der Waals surface area contributed by atoms with E-state index in [0.717, 1.165) is 0 Å². The third-order valence-corrected chi connectivity index (χ3v) is 3.28. The molecule has 2 N–H and O–H groups in total. The van der Waals surface area contributed by atoms with Crippen LogP contribution < -0.4 is 5.73 Å². The summed E-state index contributed by atoms with van der Waals surface area (Å²) in [5.41, 5.74) is 6.23. The lowest BCUT2D eigenvalue weighted by atomic mass is 10.1. The van der Waals surface area contributed by atoms with E-state index in [4.69, 9.17) is 10.5 Å². The Morgan fingerprint density at radius 3 is 2.93 bits per heavy atom. The molecule has 1 amide bonds. The zero-order chi connectivity index (χ0) is 10.1. The van der Waals surface area contributed by atoms with E-state index < -0.39 is 0 Å². The van der Waals surface area contributed by atoms with Crippen LogP contribution in [0.5, 0.6) is 0 Å². The minimum Gasteiger partial charge on any atom is -0.397 e. The van der Waals surface area contributed by atoms with Gasteiger partial charge in [0.25, 0.3) is 5.91 Å². The summed E-state index contributed by atoms with van der Waals surface area (Å²) in [6, 6.07) is 1.76. The Bertz CT molecular complexity index is 344. The van der Waals surface area contributed by atoms with Crippen LogP contribution in [-0.4, -0.2) is 37.1 Å². The van der Waals surface area contributed by atoms with Crippen molar-refractivity contribution in [3.8, 4) is 0 Å². The highest BCUT2D eigenvalue weighted by molar-refractivity contribution is 7.12. The summed E-state index contributed by atoms with van der Waals surface area (Å²) in [6.45, 7) is 1.35. The molecule has 1 fully saturated rings. The minimum atomic E-state index is 0.0193. The van der Waals surface area contributed by atoms with Gasteiger partial charge in [-0.15, -0.1) is 11.3 Å². The van der Waals surface area contributed by atoms with Gasteiger partial charge in [0.2, 0.25) is 0 Å². The van der Waals surface area contributed by atoms with E-state index >= 15 is 0 Å². The smallest absolute Gasteiger partial charge is 0.266 e. The molecule has 1 aromatic heterocycles. The van der Waals surface area contributed by atoms with Gasteiger partial charge in [-0.2, -0.15) is 0 Å². The molecule has 0 atom stereocenters. The van der Waals surface area contributed by atoms with Crippen LogP contribution in [0, 0.1) is 0 Å². The summed E-state index contributed by atoms with van der Waals surface area (Å²) < 4.78 is 5.09. The van der Waals surface area contributed by atoms with E-state index in [2.05, 4.69) is 0 Å². The van der Waals surface area contributed by atoms with Crippen LogP contribution >= 0.6 is 11.3 Å². The van der Waals surface area contributed by atoms with Crippen LogP contribution in [0.4, 0.5) is 5.69 Å². The predicted molar refractivity (Wildman–Crippen MR) is 55.4 cm³/mol. The van der Waals surface area contributed by atoms with Crippen LogP contribution in [-0.2, 0) is 4.74 Å². The SMILES string of the molecule is COC1CN(C(=O)c2sccc2N)C1. The zero-order valence-electron chi connectivity index (χ0n) is 7.90. The predicted octanol–water partition coefficient (Wildman–Crippen LogP) is 0.801. The van der Waals surface area contributed by atoms with Crippen LogP contribution in [0.3, 0.4) is 0 Å². The van der Waals surface area contributed by atoms with Gasteiger partial charge in [-0.3, -0.25) is 4.79 Å². The fourth-order valence-corrected chi connectivity index (χ4v) is 2.17. The van der Waals surface area contributed by atoms with Crippen molar-refractivity contribution in [1.29, 1.82) is 0 Å². The molecule has 4 nitrogen and oxygen atoms in total. The maximum atomic E-state index is 11.8. The number of hydrogen-bond donors (Lipinski definition) is 1. The first-order chi connectivity index (χ1) is 6.72. The number of nitrogen functional groups attached to an aromatic ring is 1. The van der Waals surface area contributed by atoms with Crippen LogP contribution in [0.25, 0.3) is 0 Å². The first-order valence-corrected chi connectivity index (χ1v) is 5.25. The summed E-state index contributed by atoms with van der Waals surface area (Å²) in [7, 11) is 1.66.